The van der Waals surface area contributed by atoms with Crippen LogP contribution in [0.1, 0.15) is 10.4 Å². The first-order chi connectivity index (χ1) is 9.63. The van der Waals surface area contributed by atoms with Gasteiger partial charge >= 0.3 is 0 Å². The van der Waals surface area contributed by atoms with Crippen molar-refractivity contribution >= 4 is 38.7 Å². The van der Waals surface area contributed by atoms with Crippen molar-refractivity contribution in [1.29, 1.82) is 0 Å². The highest BCUT2D eigenvalue weighted by Crippen LogP contribution is 2.24. The summed E-state index contributed by atoms with van der Waals surface area (Å²) in [6.45, 7) is 0. The van der Waals surface area contributed by atoms with Crippen molar-refractivity contribution in [3.05, 3.63) is 59.2 Å². The Morgan fingerprint density at radius 2 is 2.00 bits per heavy atom. The smallest absolute Gasteiger partial charge is 0.255 e. The average molecular weight is 286 g/mol. The molecule has 2 aromatic carbocycles. The highest BCUT2D eigenvalue weighted by Gasteiger charge is 2.09. The minimum absolute atomic E-state index is 0.0289. The number of carbonyl (C=O) groups is 1. The van der Waals surface area contributed by atoms with E-state index >= 15 is 0 Å². The molecule has 5 heteroatoms. The molecule has 0 aliphatic heterocycles. The number of carbonyl (C=O) groups excluding carboxylic acids is 1. The topological polar surface area (TPSA) is 55.1 Å². The zero-order valence-electron chi connectivity index (χ0n) is 10.4. The third-order valence-corrected chi connectivity index (χ3v) is 3.87. The number of nitrogens with one attached hydrogen (secondary N) is 1. The second-order valence-electron chi connectivity index (χ2n) is 4.36. The Morgan fingerprint density at radius 3 is 2.80 bits per heavy atom. The molecule has 0 unspecified atom stereocenters. The van der Waals surface area contributed by atoms with E-state index in [-0.39, 0.29) is 17.2 Å². The first-order valence-electron chi connectivity index (χ1n) is 5.97. The molecule has 3 nitrogen and oxygen atoms in total. The van der Waals surface area contributed by atoms with Crippen LogP contribution in [0.4, 0.5) is 15.8 Å². The third kappa shape index (κ3) is 2.35. The number of nitrogen functional groups attached to an aromatic ring is 1. The van der Waals surface area contributed by atoms with Crippen molar-refractivity contribution in [3.63, 3.8) is 0 Å². The van der Waals surface area contributed by atoms with E-state index in [0.717, 1.165) is 16.2 Å². The second kappa shape index (κ2) is 4.94. The van der Waals surface area contributed by atoms with Crippen molar-refractivity contribution in [2.24, 2.45) is 0 Å². The highest BCUT2D eigenvalue weighted by molar-refractivity contribution is 7.17. The van der Waals surface area contributed by atoms with E-state index in [1.807, 2.05) is 29.6 Å². The van der Waals surface area contributed by atoms with Gasteiger partial charge in [-0.05, 0) is 53.2 Å². The van der Waals surface area contributed by atoms with Gasteiger partial charge in [0.15, 0.2) is 0 Å². The van der Waals surface area contributed by atoms with Crippen molar-refractivity contribution in [1.82, 2.24) is 0 Å². The Hall–Kier alpha value is -2.40. The fraction of sp³-hybridized carbons (Fsp3) is 0. The molecule has 0 bridgehead atoms. The van der Waals surface area contributed by atoms with Crippen molar-refractivity contribution in [2.75, 3.05) is 11.1 Å². The van der Waals surface area contributed by atoms with Gasteiger partial charge in [0.25, 0.3) is 5.91 Å². The van der Waals surface area contributed by atoms with Gasteiger partial charge in [-0.15, -0.1) is 11.3 Å². The number of anilines is 2. The maximum atomic E-state index is 13.3. The molecule has 1 aromatic heterocycles. The third-order valence-electron chi connectivity index (χ3n) is 2.97. The number of nitrogens with two attached hydrogens (primary N) is 1. The molecular weight excluding hydrogens is 275 g/mol. The van der Waals surface area contributed by atoms with Gasteiger partial charge in [-0.25, -0.2) is 4.39 Å². The van der Waals surface area contributed by atoms with Gasteiger partial charge in [0.1, 0.15) is 5.82 Å². The molecule has 1 heterocycles. The van der Waals surface area contributed by atoms with Gasteiger partial charge in [0, 0.05) is 16.0 Å². The standard InChI is InChI=1S/C15H11FN2OS/c16-12-8-10(1-3-13(12)17)15(19)18-11-2-4-14-9(7-11)5-6-20-14/h1-8H,17H2,(H,18,19). The summed E-state index contributed by atoms with van der Waals surface area (Å²) < 4.78 is 14.5. The number of hydrogen-bond acceptors (Lipinski definition) is 3. The maximum Gasteiger partial charge on any atom is 0.255 e. The van der Waals surface area contributed by atoms with Crippen LogP contribution in [0, 0.1) is 5.82 Å². The van der Waals surface area contributed by atoms with Gasteiger partial charge in [-0.1, -0.05) is 0 Å². The minimum atomic E-state index is -0.592. The van der Waals surface area contributed by atoms with E-state index < -0.39 is 5.82 Å². The monoisotopic (exact) mass is 286 g/mol. The fourth-order valence-electron chi connectivity index (χ4n) is 1.92. The molecule has 0 atom stereocenters. The molecule has 20 heavy (non-hydrogen) atoms. The van der Waals surface area contributed by atoms with Gasteiger partial charge < -0.3 is 11.1 Å². The zero-order valence-corrected chi connectivity index (χ0v) is 11.2. The largest absolute Gasteiger partial charge is 0.396 e. The number of benzene rings is 2. The molecule has 0 fully saturated rings. The summed E-state index contributed by atoms with van der Waals surface area (Å²) in [5.74, 6) is -0.954. The van der Waals surface area contributed by atoms with Gasteiger partial charge in [0.2, 0.25) is 0 Å². The van der Waals surface area contributed by atoms with E-state index in [4.69, 9.17) is 5.73 Å². The molecule has 0 aliphatic carbocycles. The molecule has 0 saturated carbocycles. The van der Waals surface area contributed by atoms with E-state index in [9.17, 15) is 9.18 Å². The van der Waals surface area contributed by atoms with Crippen LogP contribution in [0.15, 0.2) is 47.8 Å². The van der Waals surface area contributed by atoms with Gasteiger partial charge in [-0.3, -0.25) is 4.79 Å². The number of hydrogen-bond donors (Lipinski definition) is 2. The molecular formula is C15H11FN2OS. The molecule has 0 aliphatic rings. The molecule has 3 rings (SSSR count). The van der Waals surface area contributed by atoms with Crippen LogP contribution in [0.2, 0.25) is 0 Å². The normalized spacial score (nSPS) is 10.7. The quantitative estimate of drug-likeness (QED) is 0.702. The Balaban J connectivity index is 1.85. The molecule has 0 radical (unpaired) electrons. The Labute approximate surface area is 118 Å². The Bertz CT molecular complexity index is 797. The summed E-state index contributed by atoms with van der Waals surface area (Å²) in [7, 11) is 0. The predicted octanol–water partition coefficient (Wildman–Crippen LogP) is 3.87. The summed E-state index contributed by atoms with van der Waals surface area (Å²) in [4.78, 5) is 12.0. The number of thiophene rings is 1. The molecule has 0 spiro atoms. The predicted molar refractivity (Wildman–Crippen MR) is 80.6 cm³/mol. The Kier molecular flexibility index (Phi) is 3.12. The maximum absolute atomic E-state index is 13.3. The molecule has 100 valence electrons. The van der Waals surface area contributed by atoms with Crippen molar-refractivity contribution < 1.29 is 9.18 Å². The number of amides is 1. The molecule has 3 N–H and O–H groups in total. The minimum Gasteiger partial charge on any atom is -0.396 e. The summed E-state index contributed by atoms with van der Waals surface area (Å²) in [5, 5.41) is 5.80. The average Bonchev–Trinajstić information content (AvgIpc) is 2.89. The molecule has 3 aromatic rings. The first-order valence-corrected chi connectivity index (χ1v) is 6.85. The molecule has 1 amide bonds. The van der Waals surface area contributed by atoms with Crippen LogP contribution in [0.5, 0.6) is 0 Å². The lowest BCUT2D eigenvalue weighted by atomic mass is 10.1. The van der Waals surface area contributed by atoms with Crippen LogP contribution in [-0.4, -0.2) is 5.91 Å². The summed E-state index contributed by atoms with van der Waals surface area (Å²) in [6.07, 6.45) is 0. The summed E-state index contributed by atoms with van der Waals surface area (Å²) >= 11 is 1.64. The van der Waals surface area contributed by atoms with Crippen LogP contribution >= 0.6 is 11.3 Å². The van der Waals surface area contributed by atoms with Crippen molar-refractivity contribution in [2.45, 2.75) is 0 Å². The number of fused-ring (bicyclic) bond motifs is 1. The molecule has 0 saturated heterocycles. The second-order valence-corrected chi connectivity index (χ2v) is 5.31. The van der Waals surface area contributed by atoms with E-state index in [0.29, 0.717) is 5.69 Å². The Morgan fingerprint density at radius 1 is 1.15 bits per heavy atom. The van der Waals surface area contributed by atoms with Crippen LogP contribution in [0.25, 0.3) is 10.1 Å². The van der Waals surface area contributed by atoms with Gasteiger partial charge in [-0.2, -0.15) is 0 Å². The first kappa shape index (κ1) is 12.6. The fourth-order valence-corrected chi connectivity index (χ4v) is 2.69. The van der Waals surface area contributed by atoms with Crippen LogP contribution in [-0.2, 0) is 0 Å². The summed E-state index contributed by atoms with van der Waals surface area (Å²) in [5.41, 5.74) is 6.33. The van der Waals surface area contributed by atoms with Crippen LogP contribution in [0.3, 0.4) is 0 Å². The lowest BCUT2D eigenvalue weighted by Crippen LogP contribution is -2.12. The van der Waals surface area contributed by atoms with Crippen LogP contribution < -0.4 is 11.1 Å². The highest BCUT2D eigenvalue weighted by atomic mass is 32.1. The van der Waals surface area contributed by atoms with E-state index in [1.165, 1.54) is 12.1 Å². The lowest BCUT2D eigenvalue weighted by Gasteiger charge is -2.06. The van der Waals surface area contributed by atoms with E-state index in [2.05, 4.69) is 5.32 Å². The number of halogens is 1. The van der Waals surface area contributed by atoms with Gasteiger partial charge in [0.05, 0.1) is 5.69 Å². The van der Waals surface area contributed by atoms with Crippen molar-refractivity contribution in [3.8, 4) is 0 Å². The lowest BCUT2D eigenvalue weighted by molar-refractivity contribution is 0.102. The summed E-state index contributed by atoms with van der Waals surface area (Å²) in [6, 6.07) is 11.6. The zero-order chi connectivity index (χ0) is 14.1. The van der Waals surface area contributed by atoms with E-state index in [1.54, 1.807) is 11.3 Å². The SMILES string of the molecule is Nc1ccc(C(=O)Nc2ccc3sccc3c2)cc1F. The number of rotatable bonds is 2.